The maximum Gasteiger partial charge on any atom is 0.401 e. The van der Waals surface area contributed by atoms with Crippen molar-refractivity contribution >= 4 is 5.96 Å². The summed E-state index contributed by atoms with van der Waals surface area (Å²) in [7, 11) is 4.94. The van der Waals surface area contributed by atoms with Crippen LogP contribution < -0.4 is 14.8 Å². The van der Waals surface area contributed by atoms with E-state index in [1.54, 1.807) is 7.05 Å². The molecule has 6 nitrogen and oxygen atoms in total. The Balaban J connectivity index is 1.82. The van der Waals surface area contributed by atoms with E-state index in [-0.39, 0.29) is 13.3 Å². The molecule has 140 valence electrons. The summed E-state index contributed by atoms with van der Waals surface area (Å²) in [4.78, 5) is 7.27. The van der Waals surface area contributed by atoms with Gasteiger partial charge in [-0.25, -0.2) is 0 Å². The number of halogens is 3. The normalized spacial score (nSPS) is 14.1. The second-order valence-electron chi connectivity index (χ2n) is 5.87. The summed E-state index contributed by atoms with van der Waals surface area (Å²) in [5.41, 5.74) is 1.02. The number of fused-ring (bicyclic) bond motifs is 1. The van der Waals surface area contributed by atoms with E-state index >= 15 is 0 Å². The third-order valence-electron chi connectivity index (χ3n) is 3.66. The Kier molecular flexibility index (Phi) is 6.35. The number of hydrogen-bond acceptors (Lipinski definition) is 4. The molecule has 1 aliphatic heterocycles. The van der Waals surface area contributed by atoms with E-state index in [0.29, 0.717) is 24.8 Å². The maximum atomic E-state index is 12.3. The predicted molar refractivity (Wildman–Crippen MR) is 88.9 cm³/mol. The van der Waals surface area contributed by atoms with E-state index in [2.05, 4.69) is 10.3 Å². The molecule has 0 saturated carbocycles. The van der Waals surface area contributed by atoms with E-state index in [1.165, 1.54) is 11.9 Å². The molecule has 9 heteroatoms. The van der Waals surface area contributed by atoms with Crippen LogP contribution in [0.4, 0.5) is 13.2 Å². The molecule has 0 spiro atoms. The van der Waals surface area contributed by atoms with Crippen LogP contribution in [0.15, 0.2) is 23.2 Å². The molecule has 0 radical (unpaired) electrons. The van der Waals surface area contributed by atoms with Crippen LogP contribution in [0.2, 0.25) is 0 Å². The zero-order chi connectivity index (χ0) is 18.4. The molecule has 0 atom stereocenters. The number of ether oxygens (including phenoxy) is 2. The molecule has 2 rings (SSSR count). The van der Waals surface area contributed by atoms with E-state index in [4.69, 9.17) is 9.47 Å². The first-order valence-electron chi connectivity index (χ1n) is 7.84. The van der Waals surface area contributed by atoms with Gasteiger partial charge in [0.25, 0.3) is 0 Å². The lowest BCUT2D eigenvalue weighted by atomic mass is 10.2. The number of guanidine groups is 1. The first kappa shape index (κ1) is 19.2. The molecule has 1 N–H and O–H groups in total. The fourth-order valence-electron chi connectivity index (χ4n) is 2.52. The van der Waals surface area contributed by atoms with Crippen LogP contribution in [0, 0.1) is 0 Å². The number of benzene rings is 1. The Hall–Kier alpha value is -2.16. The largest absolute Gasteiger partial charge is 0.454 e. The van der Waals surface area contributed by atoms with Gasteiger partial charge in [0.1, 0.15) is 0 Å². The lowest BCUT2D eigenvalue weighted by molar-refractivity contribution is -0.142. The van der Waals surface area contributed by atoms with Crippen molar-refractivity contribution in [3.8, 4) is 11.5 Å². The fraction of sp³-hybridized carbons (Fsp3) is 0.562. The SMILES string of the molecule is CN=C(NCCN(C)CC(F)(F)F)N(C)Cc1ccc2c(c1)OCO2. The molecular formula is C16H23F3N4O2. The van der Waals surface area contributed by atoms with Crippen LogP contribution in [0.1, 0.15) is 5.56 Å². The van der Waals surface area contributed by atoms with Crippen molar-refractivity contribution in [1.29, 1.82) is 0 Å². The molecule has 1 aliphatic rings. The van der Waals surface area contributed by atoms with Gasteiger partial charge in [-0.05, 0) is 24.7 Å². The highest BCUT2D eigenvalue weighted by Gasteiger charge is 2.28. The summed E-state index contributed by atoms with van der Waals surface area (Å²) >= 11 is 0. The number of aliphatic imine (C=N–C) groups is 1. The number of hydrogen-bond donors (Lipinski definition) is 1. The van der Waals surface area contributed by atoms with Gasteiger partial charge in [-0.2, -0.15) is 13.2 Å². The van der Waals surface area contributed by atoms with Gasteiger partial charge in [0.05, 0.1) is 6.54 Å². The topological polar surface area (TPSA) is 49.3 Å². The van der Waals surface area contributed by atoms with Crippen molar-refractivity contribution in [2.45, 2.75) is 12.7 Å². The van der Waals surface area contributed by atoms with Gasteiger partial charge in [-0.1, -0.05) is 6.07 Å². The molecule has 0 aromatic heterocycles. The van der Waals surface area contributed by atoms with E-state index in [0.717, 1.165) is 11.3 Å². The number of likely N-dealkylation sites (N-methyl/N-ethyl adjacent to an activating group) is 1. The molecule has 1 aromatic rings. The lowest BCUT2D eigenvalue weighted by Crippen LogP contribution is -2.43. The van der Waals surface area contributed by atoms with Gasteiger partial charge >= 0.3 is 6.18 Å². The van der Waals surface area contributed by atoms with Gasteiger partial charge < -0.3 is 19.7 Å². The van der Waals surface area contributed by atoms with Crippen molar-refractivity contribution in [2.24, 2.45) is 4.99 Å². The average molecular weight is 360 g/mol. The van der Waals surface area contributed by atoms with Crippen LogP contribution >= 0.6 is 0 Å². The highest BCUT2D eigenvalue weighted by molar-refractivity contribution is 5.79. The minimum absolute atomic E-state index is 0.225. The molecule has 0 unspecified atom stereocenters. The third-order valence-corrected chi connectivity index (χ3v) is 3.66. The monoisotopic (exact) mass is 360 g/mol. The fourth-order valence-corrected chi connectivity index (χ4v) is 2.52. The van der Waals surface area contributed by atoms with Crippen molar-refractivity contribution in [3.05, 3.63) is 23.8 Å². The van der Waals surface area contributed by atoms with Crippen LogP contribution in [0.3, 0.4) is 0 Å². The summed E-state index contributed by atoms with van der Waals surface area (Å²) in [5.74, 6) is 2.04. The average Bonchev–Trinajstić information content (AvgIpc) is 2.97. The van der Waals surface area contributed by atoms with Crippen LogP contribution in [-0.2, 0) is 6.54 Å². The first-order valence-corrected chi connectivity index (χ1v) is 7.84. The predicted octanol–water partition coefficient (Wildman–Crippen LogP) is 1.92. The maximum absolute atomic E-state index is 12.3. The Bertz CT molecular complexity index is 608. The minimum atomic E-state index is -4.19. The number of nitrogens with zero attached hydrogens (tertiary/aromatic N) is 3. The van der Waals surface area contributed by atoms with Crippen molar-refractivity contribution in [1.82, 2.24) is 15.1 Å². The Labute approximate surface area is 145 Å². The van der Waals surface area contributed by atoms with Gasteiger partial charge in [-0.3, -0.25) is 9.89 Å². The quantitative estimate of drug-likeness (QED) is 0.620. The summed E-state index contributed by atoms with van der Waals surface area (Å²) in [5, 5.41) is 3.07. The summed E-state index contributed by atoms with van der Waals surface area (Å²) in [6, 6.07) is 5.70. The standard InChI is InChI=1S/C16H23F3N4O2/c1-20-15(21-6-7-22(2)10-16(17,18)19)23(3)9-12-4-5-13-14(8-12)25-11-24-13/h4-5,8H,6-7,9-11H2,1-3H3,(H,20,21). The molecule has 0 saturated heterocycles. The second kappa shape index (κ2) is 8.28. The Morgan fingerprint density at radius 2 is 1.96 bits per heavy atom. The molecule has 0 fully saturated rings. The Morgan fingerprint density at radius 1 is 1.24 bits per heavy atom. The van der Waals surface area contributed by atoms with E-state index < -0.39 is 12.7 Å². The van der Waals surface area contributed by atoms with Crippen molar-refractivity contribution in [2.75, 3.05) is 47.6 Å². The summed E-state index contributed by atoms with van der Waals surface area (Å²) in [6.45, 7) is 0.499. The zero-order valence-electron chi connectivity index (χ0n) is 14.6. The second-order valence-corrected chi connectivity index (χ2v) is 5.87. The van der Waals surface area contributed by atoms with E-state index in [9.17, 15) is 13.2 Å². The lowest BCUT2D eigenvalue weighted by Gasteiger charge is -2.24. The Morgan fingerprint density at radius 3 is 2.64 bits per heavy atom. The molecule has 1 aromatic carbocycles. The molecular weight excluding hydrogens is 337 g/mol. The molecule has 0 amide bonds. The van der Waals surface area contributed by atoms with Gasteiger partial charge in [-0.15, -0.1) is 0 Å². The number of alkyl halides is 3. The summed E-state index contributed by atoms with van der Waals surface area (Å²) in [6.07, 6.45) is -4.19. The third kappa shape index (κ3) is 6.00. The number of nitrogens with one attached hydrogen (secondary N) is 1. The number of rotatable bonds is 6. The van der Waals surface area contributed by atoms with Crippen LogP contribution in [-0.4, -0.2) is 69.5 Å². The van der Waals surface area contributed by atoms with Gasteiger partial charge in [0, 0.05) is 33.7 Å². The molecule has 25 heavy (non-hydrogen) atoms. The first-order chi connectivity index (χ1) is 11.8. The van der Waals surface area contributed by atoms with E-state index in [1.807, 2.05) is 30.1 Å². The highest BCUT2D eigenvalue weighted by Crippen LogP contribution is 2.32. The highest BCUT2D eigenvalue weighted by atomic mass is 19.4. The van der Waals surface area contributed by atoms with Crippen molar-refractivity contribution < 1.29 is 22.6 Å². The molecule has 1 heterocycles. The van der Waals surface area contributed by atoms with Gasteiger partial charge in [0.2, 0.25) is 6.79 Å². The van der Waals surface area contributed by atoms with Gasteiger partial charge in [0.15, 0.2) is 17.5 Å². The summed E-state index contributed by atoms with van der Waals surface area (Å²) < 4.78 is 47.6. The smallest absolute Gasteiger partial charge is 0.401 e. The zero-order valence-corrected chi connectivity index (χ0v) is 14.6. The van der Waals surface area contributed by atoms with Crippen LogP contribution in [0.25, 0.3) is 0 Å². The van der Waals surface area contributed by atoms with Crippen molar-refractivity contribution in [3.63, 3.8) is 0 Å². The molecule has 0 aliphatic carbocycles. The molecule has 0 bridgehead atoms. The minimum Gasteiger partial charge on any atom is -0.454 e. The van der Waals surface area contributed by atoms with Crippen LogP contribution in [0.5, 0.6) is 11.5 Å².